The second-order valence-electron chi connectivity index (χ2n) is 6.12. The summed E-state index contributed by atoms with van der Waals surface area (Å²) in [6, 6.07) is 15.4. The molecule has 0 spiro atoms. The Morgan fingerprint density at radius 3 is 2.70 bits per heavy atom. The molecule has 1 aliphatic rings. The Balaban J connectivity index is 1.53. The minimum atomic E-state index is -0.933. The van der Waals surface area contributed by atoms with E-state index in [1.807, 2.05) is 6.07 Å². The van der Waals surface area contributed by atoms with Gasteiger partial charge in [0, 0.05) is 12.0 Å². The number of carboxylic acid groups (broad SMARTS) is 1. The summed E-state index contributed by atoms with van der Waals surface area (Å²) in [6.07, 6.45) is 2.35. The van der Waals surface area contributed by atoms with Crippen LogP contribution in [0.3, 0.4) is 0 Å². The van der Waals surface area contributed by atoms with Crippen LogP contribution >= 0.6 is 0 Å². The lowest BCUT2D eigenvalue weighted by Gasteiger charge is -2.16. The van der Waals surface area contributed by atoms with Gasteiger partial charge in [0.2, 0.25) is 5.95 Å². The molecule has 2 aromatic carbocycles. The summed E-state index contributed by atoms with van der Waals surface area (Å²) in [7, 11) is 0. The number of aromatic nitrogens is 2. The molecule has 0 saturated heterocycles. The lowest BCUT2D eigenvalue weighted by Crippen LogP contribution is -2.20. The third-order valence-corrected chi connectivity index (χ3v) is 4.56. The number of anilines is 1. The number of benzene rings is 2. The van der Waals surface area contributed by atoms with Crippen LogP contribution in [0.25, 0.3) is 11.0 Å². The van der Waals surface area contributed by atoms with Crippen molar-refractivity contribution in [2.75, 3.05) is 11.9 Å². The Kier molecular flexibility index (Phi) is 3.08. The molecule has 4 rings (SSSR count). The molecule has 1 saturated carbocycles. The first-order chi connectivity index (χ1) is 11.2. The topological polar surface area (TPSA) is 78.0 Å². The van der Waals surface area contributed by atoms with Crippen LogP contribution < -0.4 is 5.32 Å². The molecular formula is C18H17N3O2. The number of nitrogens with one attached hydrogen (secondary N) is 2. The van der Waals surface area contributed by atoms with Gasteiger partial charge in [0.1, 0.15) is 0 Å². The number of imidazole rings is 1. The van der Waals surface area contributed by atoms with Crippen molar-refractivity contribution in [2.45, 2.75) is 18.3 Å². The smallest absolute Gasteiger partial charge is 0.335 e. The zero-order valence-electron chi connectivity index (χ0n) is 12.5. The highest BCUT2D eigenvalue weighted by molar-refractivity contribution is 5.92. The van der Waals surface area contributed by atoms with Crippen molar-refractivity contribution in [3.63, 3.8) is 0 Å². The fraction of sp³-hybridized carbons (Fsp3) is 0.222. The number of nitrogens with zero attached hydrogens (tertiary/aromatic N) is 1. The summed E-state index contributed by atoms with van der Waals surface area (Å²) in [4.78, 5) is 18.7. The molecule has 5 nitrogen and oxygen atoms in total. The Hall–Kier alpha value is -2.82. The van der Waals surface area contributed by atoms with Crippen molar-refractivity contribution >= 4 is 23.0 Å². The van der Waals surface area contributed by atoms with Gasteiger partial charge in [-0.15, -0.1) is 0 Å². The van der Waals surface area contributed by atoms with Gasteiger partial charge in [0.15, 0.2) is 0 Å². The third kappa shape index (κ3) is 2.54. The maximum absolute atomic E-state index is 11.0. The predicted molar refractivity (Wildman–Crippen MR) is 88.9 cm³/mol. The summed E-state index contributed by atoms with van der Waals surface area (Å²) in [5, 5.41) is 12.4. The van der Waals surface area contributed by atoms with Gasteiger partial charge in [-0.05, 0) is 36.6 Å². The van der Waals surface area contributed by atoms with Crippen LogP contribution in [0.2, 0.25) is 0 Å². The van der Waals surface area contributed by atoms with Gasteiger partial charge < -0.3 is 15.4 Å². The first-order valence-corrected chi connectivity index (χ1v) is 7.69. The second kappa shape index (κ2) is 5.12. The number of rotatable bonds is 5. The Bertz CT molecular complexity index is 866. The van der Waals surface area contributed by atoms with Gasteiger partial charge in [-0.3, -0.25) is 0 Å². The molecule has 0 amide bonds. The average molecular weight is 307 g/mol. The highest BCUT2D eigenvalue weighted by Crippen LogP contribution is 2.47. The van der Waals surface area contributed by atoms with E-state index < -0.39 is 5.97 Å². The molecule has 0 aliphatic heterocycles. The fourth-order valence-corrected chi connectivity index (χ4v) is 2.99. The van der Waals surface area contributed by atoms with E-state index in [1.165, 1.54) is 18.4 Å². The molecule has 0 unspecified atom stereocenters. The molecule has 0 bridgehead atoms. The van der Waals surface area contributed by atoms with Crippen LogP contribution in [0.5, 0.6) is 0 Å². The molecule has 1 fully saturated rings. The number of carboxylic acids is 1. The van der Waals surface area contributed by atoms with E-state index in [1.54, 1.807) is 18.2 Å². The zero-order valence-corrected chi connectivity index (χ0v) is 12.5. The summed E-state index contributed by atoms with van der Waals surface area (Å²) in [6.45, 7) is 0.822. The number of aromatic carboxylic acids is 1. The Morgan fingerprint density at radius 2 is 2.00 bits per heavy atom. The average Bonchev–Trinajstić information content (AvgIpc) is 3.25. The SMILES string of the molecule is O=C(O)c1ccc2nc(NCC3(c4ccccc4)CC3)[nH]c2c1. The van der Waals surface area contributed by atoms with Crippen molar-refractivity contribution < 1.29 is 9.90 Å². The number of hydrogen-bond acceptors (Lipinski definition) is 3. The first kappa shape index (κ1) is 13.8. The quantitative estimate of drug-likeness (QED) is 0.675. The zero-order chi connectivity index (χ0) is 15.9. The largest absolute Gasteiger partial charge is 0.478 e. The monoisotopic (exact) mass is 307 g/mol. The number of H-pyrrole nitrogens is 1. The van der Waals surface area contributed by atoms with Crippen LogP contribution in [0.4, 0.5) is 5.95 Å². The maximum atomic E-state index is 11.0. The lowest BCUT2D eigenvalue weighted by atomic mass is 9.96. The van der Waals surface area contributed by atoms with Crippen molar-refractivity contribution in [3.05, 3.63) is 59.7 Å². The molecule has 0 radical (unpaired) electrons. The first-order valence-electron chi connectivity index (χ1n) is 7.69. The van der Waals surface area contributed by atoms with Gasteiger partial charge in [-0.1, -0.05) is 30.3 Å². The van der Waals surface area contributed by atoms with E-state index in [0.717, 1.165) is 17.6 Å². The van der Waals surface area contributed by atoms with E-state index >= 15 is 0 Å². The van der Waals surface area contributed by atoms with Crippen LogP contribution in [0.1, 0.15) is 28.8 Å². The number of fused-ring (bicyclic) bond motifs is 1. The molecule has 116 valence electrons. The molecule has 1 aliphatic carbocycles. The number of carbonyl (C=O) groups is 1. The maximum Gasteiger partial charge on any atom is 0.335 e. The highest BCUT2D eigenvalue weighted by Gasteiger charge is 2.43. The fourth-order valence-electron chi connectivity index (χ4n) is 2.99. The molecule has 3 aromatic rings. The van der Waals surface area contributed by atoms with Gasteiger partial charge in [0.25, 0.3) is 0 Å². The third-order valence-electron chi connectivity index (χ3n) is 4.56. The van der Waals surface area contributed by atoms with Crippen molar-refractivity contribution in [1.82, 2.24) is 9.97 Å². The predicted octanol–water partition coefficient (Wildman–Crippen LogP) is 3.40. The lowest BCUT2D eigenvalue weighted by molar-refractivity contribution is 0.0697. The van der Waals surface area contributed by atoms with Gasteiger partial charge >= 0.3 is 5.97 Å². The minimum Gasteiger partial charge on any atom is -0.478 e. The highest BCUT2D eigenvalue weighted by atomic mass is 16.4. The van der Waals surface area contributed by atoms with Crippen molar-refractivity contribution in [3.8, 4) is 0 Å². The summed E-state index contributed by atoms with van der Waals surface area (Å²) in [5.41, 5.74) is 3.32. The van der Waals surface area contributed by atoms with Gasteiger partial charge in [0.05, 0.1) is 16.6 Å². The number of aromatic amines is 1. The van der Waals surface area contributed by atoms with Crippen molar-refractivity contribution in [2.24, 2.45) is 0 Å². The molecule has 5 heteroatoms. The van der Waals surface area contributed by atoms with Crippen LogP contribution in [0, 0.1) is 0 Å². The van der Waals surface area contributed by atoms with Crippen LogP contribution in [-0.2, 0) is 5.41 Å². The van der Waals surface area contributed by atoms with E-state index in [4.69, 9.17) is 5.11 Å². The van der Waals surface area contributed by atoms with Gasteiger partial charge in [-0.2, -0.15) is 0 Å². The summed E-state index contributed by atoms with van der Waals surface area (Å²) < 4.78 is 0. The van der Waals surface area contributed by atoms with Gasteiger partial charge in [-0.25, -0.2) is 9.78 Å². The molecular weight excluding hydrogens is 290 g/mol. The molecule has 3 N–H and O–H groups in total. The standard InChI is InChI=1S/C18H17N3O2/c22-16(23)12-6-7-14-15(10-12)21-17(20-14)19-11-18(8-9-18)13-4-2-1-3-5-13/h1-7,10H,8-9,11H2,(H,22,23)(H2,19,20,21). The summed E-state index contributed by atoms with van der Waals surface area (Å²) >= 11 is 0. The van der Waals surface area contributed by atoms with Crippen molar-refractivity contribution in [1.29, 1.82) is 0 Å². The molecule has 0 atom stereocenters. The van der Waals surface area contributed by atoms with E-state index in [2.05, 4.69) is 39.6 Å². The molecule has 1 aromatic heterocycles. The normalized spacial score (nSPS) is 15.5. The Morgan fingerprint density at radius 1 is 1.22 bits per heavy atom. The second-order valence-corrected chi connectivity index (χ2v) is 6.12. The van der Waals surface area contributed by atoms with Crippen LogP contribution in [-0.4, -0.2) is 27.6 Å². The van der Waals surface area contributed by atoms with Crippen LogP contribution in [0.15, 0.2) is 48.5 Å². The van der Waals surface area contributed by atoms with E-state index in [0.29, 0.717) is 5.95 Å². The Labute approximate surface area is 133 Å². The summed E-state index contributed by atoms with van der Waals surface area (Å²) in [5.74, 6) is -0.248. The number of hydrogen-bond donors (Lipinski definition) is 3. The molecule has 23 heavy (non-hydrogen) atoms. The minimum absolute atomic E-state index is 0.201. The molecule has 1 heterocycles. The van der Waals surface area contributed by atoms with E-state index in [-0.39, 0.29) is 11.0 Å². The van der Waals surface area contributed by atoms with E-state index in [9.17, 15) is 4.79 Å².